The minimum absolute atomic E-state index is 0.161. The van der Waals surface area contributed by atoms with Crippen molar-refractivity contribution in [2.75, 3.05) is 30.3 Å². The zero-order valence-electron chi connectivity index (χ0n) is 43.7. The number of amides is 1. The lowest BCUT2D eigenvalue weighted by atomic mass is 10.0. The van der Waals surface area contributed by atoms with Gasteiger partial charge < -0.3 is 20.7 Å². The lowest BCUT2D eigenvalue weighted by molar-refractivity contribution is -0.385. The van der Waals surface area contributed by atoms with Crippen LogP contribution in [-0.2, 0) is 54.1 Å². The molecule has 0 radical (unpaired) electrons. The van der Waals surface area contributed by atoms with E-state index in [2.05, 4.69) is 16.0 Å². The van der Waals surface area contributed by atoms with Crippen molar-refractivity contribution in [3.63, 3.8) is 0 Å². The molecule has 7 rings (SSSR count). The molecule has 17 nitrogen and oxygen atoms in total. The second-order valence-corrected chi connectivity index (χ2v) is 23.1. The Morgan fingerprint density at radius 3 is 1.36 bits per heavy atom. The van der Waals surface area contributed by atoms with E-state index in [1.807, 2.05) is 106 Å². The molecule has 0 atom stereocenters. The predicted molar refractivity (Wildman–Crippen MR) is 313 cm³/mol. The van der Waals surface area contributed by atoms with Gasteiger partial charge in [0.25, 0.3) is 5.69 Å². The van der Waals surface area contributed by atoms with E-state index in [4.69, 9.17) is 84.4 Å². The van der Waals surface area contributed by atoms with Crippen LogP contribution >= 0.6 is 70.1 Å². The average molecular weight is 1170 g/mol. The maximum Gasteiger partial charge on any atom is 0.407 e. The maximum atomic E-state index is 12.2. The van der Waals surface area contributed by atoms with Gasteiger partial charge in [-0.15, -0.1) is 0 Å². The van der Waals surface area contributed by atoms with Crippen molar-refractivity contribution in [3.05, 3.63) is 168 Å². The van der Waals surface area contributed by atoms with E-state index >= 15 is 0 Å². The van der Waals surface area contributed by atoms with Gasteiger partial charge in [0.2, 0.25) is 11.9 Å². The first-order valence-electron chi connectivity index (χ1n) is 25.7. The first-order valence-corrected chi connectivity index (χ1v) is 29.8. The number of anilines is 2. The number of hydrogen-bond donors (Lipinski definition) is 3. The van der Waals surface area contributed by atoms with Crippen molar-refractivity contribution in [1.29, 1.82) is 0 Å². The van der Waals surface area contributed by atoms with Crippen molar-refractivity contribution in [1.82, 2.24) is 50.2 Å². The van der Waals surface area contributed by atoms with Crippen LogP contribution in [0.3, 0.4) is 0 Å². The summed E-state index contributed by atoms with van der Waals surface area (Å²) >= 11 is 23.0. The summed E-state index contributed by atoms with van der Waals surface area (Å²) in [6.45, 7) is 6.99. The molecular formula is C55H62Cl3N13O4S3. The molecule has 0 saturated heterocycles. The molecule has 3 aromatic heterocycles. The zero-order valence-corrected chi connectivity index (χ0v) is 48.4. The highest BCUT2D eigenvalue weighted by molar-refractivity contribution is 7.98. The van der Waals surface area contributed by atoms with Gasteiger partial charge in [0.15, 0.2) is 15.5 Å². The van der Waals surface area contributed by atoms with Gasteiger partial charge in [-0.1, -0.05) is 131 Å². The summed E-state index contributed by atoms with van der Waals surface area (Å²) in [4.78, 5) is 66.8. The van der Waals surface area contributed by atoms with Crippen LogP contribution in [0, 0.1) is 10.1 Å². The first kappa shape index (κ1) is 59.8. The lowest BCUT2D eigenvalue weighted by Gasteiger charge is -2.19. The number of para-hydroxylation sites is 1. The van der Waals surface area contributed by atoms with Crippen LogP contribution in [0.1, 0.15) is 105 Å². The standard InChI is InChI=1S/C55H62Cl3N13O4S3/c1-55(2,3)75-54(72)61-33-11-18-48-64-50(70-53(68-48)78-36-39-23-29-43(58)30-24-39)60-32-10-17-47-63-49(69-52(67-47)77-35-38-21-27-42(57)28-22-38)59-31-9-16-46-62-45(65-51(66-46)76-34-37-19-25-41(56)26-20-37)15-6-4-5-12-40-13-7-8-14-44(40)71(73)74/h7-8,13-14,19-30H,4-6,9-12,15-18,31-36H2,1-3H3,(H,61,72)(H,59,63,67,69)(H,60,64,68,70). The highest BCUT2D eigenvalue weighted by Gasteiger charge is 2.17. The summed E-state index contributed by atoms with van der Waals surface area (Å²) in [5.74, 6) is 5.60. The first-order chi connectivity index (χ1) is 37.7. The van der Waals surface area contributed by atoms with E-state index < -0.39 is 11.7 Å². The van der Waals surface area contributed by atoms with E-state index in [0.29, 0.717) is 148 Å². The second-order valence-electron chi connectivity index (χ2n) is 19.0. The third kappa shape index (κ3) is 21.7. The molecule has 0 saturated carbocycles. The van der Waals surface area contributed by atoms with Gasteiger partial charge in [0, 0.05) is 89.3 Å². The molecule has 7 aromatic rings. The SMILES string of the molecule is CC(C)(C)OC(=O)NCCCc1nc(NCCCc2nc(NCCCc3nc(CCCCCc4ccccc4[N+](=O)[O-])nc(SCc4ccc(Cl)cc4)n3)nc(SCc3ccc(Cl)cc3)n2)nc(SCc2ccc(Cl)cc2)n1. The van der Waals surface area contributed by atoms with Crippen molar-refractivity contribution in [2.45, 2.75) is 130 Å². The molecule has 0 aliphatic carbocycles. The van der Waals surface area contributed by atoms with Gasteiger partial charge in [-0.3, -0.25) is 10.1 Å². The molecule has 23 heteroatoms. The Hall–Kier alpha value is -5.90. The molecule has 3 heterocycles. The quantitative estimate of drug-likeness (QED) is 0.0165. The average Bonchev–Trinajstić information content (AvgIpc) is 3.41. The highest BCUT2D eigenvalue weighted by Crippen LogP contribution is 2.26. The largest absolute Gasteiger partial charge is 0.444 e. The number of thioether (sulfide) groups is 3. The Balaban J connectivity index is 0.973. The number of nitro benzene ring substituents is 1. The number of rotatable bonds is 30. The highest BCUT2D eigenvalue weighted by atomic mass is 35.5. The number of benzene rings is 4. The fraction of sp³-hybridized carbons (Fsp3) is 0.382. The van der Waals surface area contributed by atoms with Gasteiger partial charge in [-0.05, 0) is 112 Å². The number of nitro groups is 1. The molecule has 1 amide bonds. The van der Waals surface area contributed by atoms with Gasteiger partial charge in [-0.25, -0.2) is 29.7 Å². The van der Waals surface area contributed by atoms with Crippen LogP contribution in [0.5, 0.6) is 0 Å². The Kier molecular flexibility index (Phi) is 23.8. The van der Waals surface area contributed by atoms with Crippen molar-refractivity contribution < 1.29 is 14.5 Å². The van der Waals surface area contributed by atoms with Crippen LogP contribution in [0.15, 0.2) is 113 Å². The predicted octanol–water partition coefficient (Wildman–Crippen LogP) is 13.5. The molecule has 0 fully saturated rings. The Labute approximate surface area is 483 Å². The minimum atomic E-state index is -0.586. The molecule has 4 aromatic carbocycles. The number of aromatic nitrogens is 9. The van der Waals surface area contributed by atoms with Crippen molar-refractivity contribution in [3.8, 4) is 0 Å². The summed E-state index contributed by atoms with van der Waals surface area (Å²) in [5.41, 5.74) is 3.61. The summed E-state index contributed by atoms with van der Waals surface area (Å²) in [7, 11) is 0. The van der Waals surface area contributed by atoms with E-state index in [0.717, 1.165) is 47.3 Å². The molecular weight excluding hydrogens is 1110 g/mol. The number of halogens is 3. The smallest absolute Gasteiger partial charge is 0.407 e. The second kappa shape index (κ2) is 31.0. The molecule has 78 heavy (non-hydrogen) atoms. The molecule has 0 unspecified atom stereocenters. The molecule has 0 spiro atoms. The molecule has 410 valence electrons. The normalized spacial score (nSPS) is 11.4. The third-order valence-electron chi connectivity index (χ3n) is 11.4. The van der Waals surface area contributed by atoms with E-state index in [-0.39, 0.29) is 10.6 Å². The number of nitrogens with zero attached hydrogens (tertiary/aromatic N) is 10. The monoisotopic (exact) mass is 1170 g/mol. The summed E-state index contributed by atoms with van der Waals surface area (Å²) in [5, 5.41) is 25.0. The topological polar surface area (TPSA) is 222 Å². The third-order valence-corrected chi connectivity index (χ3v) is 14.9. The Morgan fingerprint density at radius 2 is 0.910 bits per heavy atom. The van der Waals surface area contributed by atoms with Gasteiger partial charge >= 0.3 is 6.09 Å². The van der Waals surface area contributed by atoms with E-state index in [9.17, 15) is 14.9 Å². The number of ether oxygens (including phenoxy) is 1. The maximum absolute atomic E-state index is 12.2. The fourth-order valence-corrected chi connectivity index (χ4v) is 10.4. The molecule has 3 N–H and O–H groups in total. The molecule has 0 aliphatic heterocycles. The minimum Gasteiger partial charge on any atom is -0.444 e. The number of carbonyl (C=O) groups excluding carboxylic acids is 1. The van der Waals surface area contributed by atoms with Gasteiger partial charge in [0.1, 0.15) is 28.9 Å². The van der Waals surface area contributed by atoms with Crippen LogP contribution in [-0.4, -0.2) is 81.1 Å². The van der Waals surface area contributed by atoms with Gasteiger partial charge in [0.05, 0.1) is 4.92 Å². The van der Waals surface area contributed by atoms with Crippen molar-refractivity contribution in [2.24, 2.45) is 0 Å². The lowest BCUT2D eigenvalue weighted by Crippen LogP contribution is -2.33. The number of aryl methyl sites for hydroxylation is 5. The van der Waals surface area contributed by atoms with Crippen LogP contribution in [0.4, 0.5) is 22.4 Å². The van der Waals surface area contributed by atoms with E-state index in [1.54, 1.807) is 23.9 Å². The number of carbonyl (C=O) groups is 1. The summed E-state index contributed by atoms with van der Waals surface area (Å²) in [6, 6.07) is 30.1. The number of unbranched alkanes of at least 4 members (excludes halogenated alkanes) is 2. The van der Waals surface area contributed by atoms with Crippen LogP contribution in [0.2, 0.25) is 15.1 Å². The van der Waals surface area contributed by atoms with E-state index in [1.165, 1.54) is 23.5 Å². The van der Waals surface area contributed by atoms with Crippen LogP contribution in [0.25, 0.3) is 0 Å². The zero-order chi connectivity index (χ0) is 55.1. The Morgan fingerprint density at radius 1 is 0.513 bits per heavy atom. The number of hydrogen-bond acceptors (Lipinski definition) is 18. The fourth-order valence-electron chi connectivity index (χ4n) is 7.55. The Bertz CT molecular complexity index is 3040. The summed E-state index contributed by atoms with van der Waals surface area (Å²) in [6.07, 6.45) is 7.03. The summed E-state index contributed by atoms with van der Waals surface area (Å²) < 4.78 is 5.38. The van der Waals surface area contributed by atoms with Crippen molar-refractivity contribution >= 4 is 93.8 Å². The van der Waals surface area contributed by atoms with Gasteiger partial charge in [-0.2, -0.15) is 19.9 Å². The van der Waals surface area contributed by atoms with Crippen LogP contribution < -0.4 is 16.0 Å². The number of nitrogens with one attached hydrogen (secondary N) is 3. The molecule has 0 aliphatic rings. The number of alkyl carbamates (subject to hydrolysis) is 1. The molecule has 0 bridgehead atoms.